The molecule has 2 aliphatic rings. The fourth-order valence-corrected chi connectivity index (χ4v) is 5.92. The summed E-state index contributed by atoms with van der Waals surface area (Å²) >= 11 is 0. The number of carbonyl (C=O) groups excluding carboxylic acids is 2. The van der Waals surface area contributed by atoms with Crippen LogP contribution in [0.15, 0.2) is 120 Å². The number of fused-ring (bicyclic) bond motifs is 1. The van der Waals surface area contributed by atoms with E-state index < -0.39 is 107 Å². The van der Waals surface area contributed by atoms with Gasteiger partial charge in [0.15, 0.2) is 5.78 Å². The molecule has 0 bridgehead atoms. The van der Waals surface area contributed by atoms with E-state index in [0.29, 0.717) is 24.3 Å². The molecule has 57 heavy (non-hydrogen) atoms. The van der Waals surface area contributed by atoms with E-state index in [1.165, 1.54) is 0 Å². The van der Waals surface area contributed by atoms with Crippen molar-refractivity contribution in [3.63, 3.8) is 0 Å². The number of Topliss-reactive ketones (excluding diaryl/α,β-unsaturated/α-hetero) is 1. The van der Waals surface area contributed by atoms with Crippen molar-refractivity contribution in [2.24, 2.45) is 26.3 Å². The Morgan fingerprint density at radius 3 is 2.00 bits per heavy atom. The SMILES string of the molecule is NC1=CC(=O)C=C/C1=N\Nc1cc(S(=O)(=O)[O-])c(N(N=Nc2ccc([N+](=O)[O-])cc2)/N=C2\C=C([N+](=O)[O-])C=C([N+](=O)[O-])C2=O)c2cc(S(=O)(=O)[O-])cc(O)c12.[Na+].[Na+]. The molecule has 0 saturated heterocycles. The Balaban J connectivity index is 0.00000435. The molecule has 0 spiro atoms. The van der Waals surface area contributed by atoms with Crippen LogP contribution in [0, 0.1) is 30.3 Å². The smallest absolute Gasteiger partial charge is 0.744 e. The molecule has 0 fully saturated rings. The van der Waals surface area contributed by atoms with Crippen LogP contribution >= 0.6 is 0 Å². The number of aromatic hydroxyl groups is 1. The molecular weight excluding hydrogens is 826 g/mol. The molecular formula is C28H16N10Na2O15S2. The minimum absolute atomic E-state index is 0. The normalized spacial score (nSPS) is 15.7. The number of hydrogen-bond acceptors (Lipinski definition) is 21. The average molecular weight is 843 g/mol. The average Bonchev–Trinajstić information content (AvgIpc) is 3.09. The van der Waals surface area contributed by atoms with Crippen molar-refractivity contribution in [2.45, 2.75) is 9.79 Å². The second kappa shape index (κ2) is 17.7. The first-order chi connectivity index (χ1) is 25.6. The van der Waals surface area contributed by atoms with Gasteiger partial charge in [0.05, 0.1) is 53.1 Å². The largest absolute Gasteiger partial charge is 1.00 e. The van der Waals surface area contributed by atoms with Gasteiger partial charge in [-0.3, -0.25) is 45.4 Å². The van der Waals surface area contributed by atoms with Gasteiger partial charge in [0.25, 0.3) is 17.2 Å². The van der Waals surface area contributed by atoms with Gasteiger partial charge in [0.2, 0.25) is 0 Å². The Bertz CT molecular complexity index is 2730. The molecule has 0 aromatic heterocycles. The van der Waals surface area contributed by atoms with Gasteiger partial charge >= 0.3 is 64.8 Å². The van der Waals surface area contributed by atoms with Gasteiger partial charge in [-0.15, -0.1) is 15.3 Å². The second-order valence-corrected chi connectivity index (χ2v) is 13.4. The van der Waals surface area contributed by atoms with Crippen LogP contribution in [0.4, 0.5) is 22.7 Å². The van der Waals surface area contributed by atoms with Crippen molar-refractivity contribution in [1.29, 1.82) is 0 Å². The van der Waals surface area contributed by atoms with E-state index in [9.17, 15) is 71.0 Å². The Morgan fingerprint density at radius 1 is 0.807 bits per heavy atom. The molecule has 282 valence electrons. The minimum atomic E-state index is -5.87. The first-order valence-corrected chi connectivity index (χ1v) is 17.1. The molecule has 29 heteroatoms. The number of ketones is 2. The third-order valence-corrected chi connectivity index (χ3v) is 8.79. The predicted molar refractivity (Wildman–Crippen MR) is 182 cm³/mol. The number of non-ortho nitro benzene ring substituents is 1. The number of hydrazone groups is 2. The Labute approximate surface area is 361 Å². The zero-order chi connectivity index (χ0) is 40.6. The number of nitro groups is 3. The van der Waals surface area contributed by atoms with Gasteiger partial charge in [0.1, 0.15) is 43.1 Å². The van der Waals surface area contributed by atoms with Crippen LogP contribution in [0.1, 0.15) is 0 Å². The number of benzene rings is 3. The molecule has 0 atom stereocenters. The van der Waals surface area contributed by atoms with Crippen molar-refractivity contribution in [1.82, 2.24) is 0 Å². The zero-order valence-corrected chi connectivity index (χ0v) is 34.2. The Hall–Kier alpha value is -5.62. The molecule has 5 rings (SSSR count). The van der Waals surface area contributed by atoms with Crippen LogP contribution < -0.4 is 75.4 Å². The zero-order valence-electron chi connectivity index (χ0n) is 28.6. The molecule has 25 nitrogen and oxygen atoms in total. The molecule has 3 aromatic rings. The van der Waals surface area contributed by atoms with Crippen LogP contribution in [0.25, 0.3) is 10.8 Å². The van der Waals surface area contributed by atoms with E-state index >= 15 is 0 Å². The van der Waals surface area contributed by atoms with Gasteiger partial charge < -0.3 is 19.9 Å². The summed E-state index contributed by atoms with van der Waals surface area (Å²) in [6, 6.07) is 5.20. The van der Waals surface area contributed by atoms with Crippen LogP contribution in [-0.2, 0) is 29.8 Å². The number of rotatable bonds is 11. The number of nitrogens with zero attached hydrogens (tertiary/aromatic N) is 8. The molecule has 0 amide bonds. The third kappa shape index (κ3) is 10.2. The van der Waals surface area contributed by atoms with Crippen molar-refractivity contribution >= 4 is 76.7 Å². The quantitative estimate of drug-likeness (QED) is 0.0313. The number of phenolic OH excluding ortho intramolecular Hbond substituents is 1. The summed E-state index contributed by atoms with van der Waals surface area (Å²) in [5.41, 5.74) is 1.48. The number of phenols is 1. The molecule has 2 aliphatic carbocycles. The molecule has 3 aromatic carbocycles. The Kier molecular flexibility index (Phi) is 14.2. The summed E-state index contributed by atoms with van der Waals surface area (Å²) in [5.74, 6) is -3.27. The topological polar surface area (TPSA) is 389 Å². The van der Waals surface area contributed by atoms with Gasteiger partial charge in [-0.1, -0.05) is 0 Å². The fourth-order valence-electron chi connectivity index (χ4n) is 4.71. The van der Waals surface area contributed by atoms with E-state index in [0.717, 1.165) is 42.5 Å². The maximum absolute atomic E-state index is 13.1. The molecule has 0 saturated carbocycles. The molecule has 0 heterocycles. The van der Waals surface area contributed by atoms with Gasteiger partial charge in [0, 0.05) is 29.7 Å². The number of nitrogens with one attached hydrogen (secondary N) is 1. The summed E-state index contributed by atoms with van der Waals surface area (Å²) in [4.78, 5) is 53.2. The summed E-state index contributed by atoms with van der Waals surface area (Å²) in [6.07, 6.45) is 3.76. The van der Waals surface area contributed by atoms with E-state index in [1.54, 1.807) is 0 Å². The van der Waals surface area contributed by atoms with Crippen LogP contribution in [0.3, 0.4) is 0 Å². The van der Waals surface area contributed by atoms with E-state index in [1.807, 2.05) is 0 Å². The molecule has 0 unspecified atom stereocenters. The standard InChI is InChI=1S/C28H18N10O15S2.2Na/c29-19-9-16(39)5-6-20(19)31-32-21-12-25(55(51,52)53)27(18-10-17(54(48,49)50)11-24(40)26(18)21)35(34-30-13-1-3-14(4-2-13)36(42)43)33-22-7-15(37(44)45)8-23(28(22)41)38(46)47;;/h1-12,32,40H,29H2,(H,48,49,50)(H,51,52,53);;/q;2*+1/p-2/b31-20+,33-22+,34-30?;;. The van der Waals surface area contributed by atoms with Crippen LogP contribution in [0.5, 0.6) is 5.75 Å². The summed E-state index contributed by atoms with van der Waals surface area (Å²) in [5, 5.41) is 58.8. The maximum atomic E-state index is 13.1. The van der Waals surface area contributed by atoms with Crippen molar-refractivity contribution in [2.75, 3.05) is 10.5 Å². The second-order valence-electron chi connectivity index (χ2n) is 10.7. The number of anilines is 2. The monoisotopic (exact) mass is 842 g/mol. The summed E-state index contributed by atoms with van der Waals surface area (Å²) in [7, 11) is -11.4. The van der Waals surface area contributed by atoms with E-state index in [2.05, 4.69) is 26.0 Å². The Morgan fingerprint density at radius 2 is 1.46 bits per heavy atom. The molecule has 0 radical (unpaired) electrons. The minimum Gasteiger partial charge on any atom is -0.744 e. The van der Waals surface area contributed by atoms with E-state index in [4.69, 9.17) is 5.73 Å². The van der Waals surface area contributed by atoms with Crippen molar-refractivity contribution < 1.29 is 115 Å². The number of nitro benzene ring substituents is 1. The predicted octanol–water partition coefficient (Wildman–Crippen LogP) is -4.22. The third-order valence-electron chi connectivity index (χ3n) is 7.13. The van der Waals surface area contributed by atoms with E-state index in [-0.39, 0.29) is 87.4 Å². The number of hydrogen-bond donors (Lipinski definition) is 3. The maximum Gasteiger partial charge on any atom is 1.00 e. The van der Waals surface area contributed by atoms with Crippen molar-refractivity contribution in [3.8, 4) is 5.75 Å². The van der Waals surface area contributed by atoms with Crippen LogP contribution in [0.2, 0.25) is 0 Å². The van der Waals surface area contributed by atoms with Gasteiger partial charge in [-0.25, -0.2) is 16.8 Å². The summed E-state index contributed by atoms with van der Waals surface area (Å²) < 4.78 is 75.2. The van der Waals surface area contributed by atoms with Gasteiger partial charge in [-0.2, -0.15) is 5.10 Å². The van der Waals surface area contributed by atoms with Crippen LogP contribution in [-0.4, -0.2) is 68.8 Å². The number of allylic oxidation sites excluding steroid dienone is 6. The van der Waals surface area contributed by atoms with Gasteiger partial charge in [-0.05, 0) is 47.7 Å². The van der Waals surface area contributed by atoms with Crippen molar-refractivity contribution in [3.05, 3.63) is 120 Å². The number of nitrogens with two attached hydrogens (primary N) is 1. The fraction of sp³-hybridized carbons (Fsp3) is 0. The molecule has 4 N–H and O–H groups in total. The summed E-state index contributed by atoms with van der Waals surface area (Å²) in [6.45, 7) is 0. The first-order valence-electron chi connectivity index (χ1n) is 14.3. The number of carbonyl (C=O) groups is 2. The molecule has 0 aliphatic heterocycles. The first kappa shape index (κ1) is 45.8.